The molecule has 0 fully saturated rings. The van der Waals surface area contributed by atoms with Gasteiger partial charge < -0.3 is 9.09 Å². The van der Waals surface area contributed by atoms with Crippen LogP contribution in [0.15, 0.2) is 29.0 Å². The van der Waals surface area contributed by atoms with Crippen LogP contribution in [0, 0.1) is 6.92 Å². The maximum atomic E-state index is 5.48. The number of thiophene rings is 1. The Morgan fingerprint density at radius 2 is 2.38 bits per heavy atom. The summed E-state index contributed by atoms with van der Waals surface area (Å²) in [7, 11) is 0. The number of hydrogen-bond donors (Lipinski definition) is 0. The van der Waals surface area contributed by atoms with Gasteiger partial charge in [-0.2, -0.15) is 4.98 Å². The van der Waals surface area contributed by atoms with Crippen LogP contribution in [-0.4, -0.2) is 19.7 Å². The molecular weight excluding hydrogens is 284 g/mol. The number of fused-ring (bicyclic) bond motifs is 1. The van der Waals surface area contributed by atoms with Gasteiger partial charge in [0.2, 0.25) is 5.89 Å². The molecule has 3 aromatic rings. The Labute approximate surface area is 126 Å². The molecule has 5 nitrogen and oxygen atoms in total. The molecule has 0 amide bonds. The van der Waals surface area contributed by atoms with Gasteiger partial charge in [0.25, 0.3) is 0 Å². The van der Waals surface area contributed by atoms with Gasteiger partial charge in [-0.15, -0.1) is 11.3 Å². The predicted octanol–water partition coefficient (Wildman–Crippen LogP) is 2.96. The highest BCUT2D eigenvalue weighted by atomic mass is 32.1. The SMILES string of the molecule is Cc1ccc(Cc2noc(C3CCc4nccn4C3)n2)s1. The van der Waals surface area contributed by atoms with E-state index in [1.807, 2.05) is 12.4 Å². The van der Waals surface area contributed by atoms with Crippen molar-refractivity contribution in [2.24, 2.45) is 0 Å². The first-order valence-corrected chi connectivity index (χ1v) is 7.97. The van der Waals surface area contributed by atoms with E-state index in [1.54, 1.807) is 11.3 Å². The van der Waals surface area contributed by atoms with E-state index in [1.165, 1.54) is 9.75 Å². The fourth-order valence-corrected chi connectivity index (χ4v) is 3.70. The Kier molecular flexibility index (Phi) is 3.11. The average Bonchev–Trinajstić information content (AvgIpc) is 3.19. The zero-order valence-electron chi connectivity index (χ0n) is 11.8. The Morgan fingerprint density at radius 1 is 1.43 bits per heavy atom. The molecule has 4 heterocycles. The van der Waals surface area contributed by atoms with Crippen LogP contribution in [0.3, 0.4) is 0 Å². The fraction of sp³-hybridized carbons (Fsp3) is 0.400. The van der Waals surface area contributed by atoms with Crippen LogP contribution in [0.4, 0.5) is 0 Å². The van der Waals surface area contributed by atoms with Gasteiger partial charge >= 0.3 is 0 Å². The molecule has 6 heteroatoms. The third-order valence-corrected chi connectivity index (χ3v) is 4.90. The highest BCUT2D eigenvalue weighted by Gasteiger charge is 2.25. The fourth-order valence-electron chi connectivity index (χ4n) is 2.81. The maximum Gasteiger partial charge on any atom is 0.231 e. The average molecular weight is 300 g/mol. The quantitative estimate of drug-likeness (QED) is 0.746. The Bertz CT molecular complexity index is 757. The molecule has 0 bridgehead atoms. The van der Waals surface area contributed by atoms with Crippen LogP contribution < -0.4 is 0 Å². The number of imidazole rings is 1. The summed E-state index contributed by atoms with van der Waals surface area (Å²) >= 11 is 1.79. The molecule has 108 valence electrons. The van der Waals surface area contributed by atoms with E-state index in [9.17, 15) is 0 Å². The first-order valence-electron chi connectivity index (χ1n) is 7.16. The minimum atomic E-state index is 0.304. The zero-order chi connectivity index (χ0) is 14.2. The highest BCUT2D eigenvalue weighted by Crippen LogP contribution is 2.27. The van der Waals surface area contributed by atoms with Crippen molar-refractivity contribution in [1.29, 1.82) is 0 Å². The molecular formula is C15H16N4OS. The molecule has 0 saturated heterocycles. The predicted molar refractivity (Wildman–Crippen MR) is 79.4 cm³/mol. The van der Waals surface area contributed by atoms with Crippen LogP contribution in [0.5, 0.6) is 0 Å². The summed E-state index contributed by atoms with van der Waals surface area (Å²) in [5.41, 5.74) is 0. The van der Waals surface area contributed by atoms with E-state index in [0.29, 0.717) is 5.92 Å². The molecule has 1 aliphatic rings. The highest BCUT2D eigenvalue weighted by molar-refractivity contribution is 7.11. The van der Waals surface area contributed by atoms with Crippen molar-refractivity contribution in [1.82, 2.24) is 19.7 Å². The van der Waals surface area contributed by atoms with Gasteiger partial charge in [-0.25, -0.2) is 4.98 Å². The van der Waals surface area contributed by atoms with Crippen molar-refractivity contribution in [3.8, 4) is 0 Å². The summed E-state index contributed by atoms with van der Waals surface area (Å²) < 4.78 is 7.67. The molecule has 0 saturated carbocycles. The van der Waals surface area contributed by atoms with Crippen molar-refractivity contribution in [3.05, 3.63) is 51.8 Å². The number of nitrogens with zero attached hydrogens (tertiary/aromatic N) is 4. The summed E-state index contributed by atoms with van der Waals surface area (Å²) in [5.74, 6) is 3.00. The van der Waals surface area contributed by atoms with Gasteiger partial charge in [0.1, 0.15) is 5.82 Å². The normalized spacial score (nSPS) is 17.9. The first kappa shape index (κ1) is 12.8. The first-order chi connectivity index (χ1) is 10.3. The molecule has 1 aliphatic heterocycles. The molecule has 3 aromatic heterocycles. The lowest BCUT2D eigenvalue weighted by atomic mass is 9.99. The van der Waals surface area contributed by atoms with Gasteiger partial charge in [0.15, 0.2) is 5.82 Å². The van der Waals surface area contributed by atoms with E-state index >= 15 is 0 Å². The monoisotopic (exact) mass is 300 g/mol. The molecule has 21 heavy (non-hydrogen) atoms. The summed E-state index contributed by atoms with van der Waals surface area (Å²) in [5, 5.41) is 4.14. The largest absolute Gasteiger partial charge is 0.339 e. The van der Waals surface area contributed by atoms with Crippen LogP contribution >= 0.6 is 11.3 Å². The second-order valence-electron chi connectivity index (χ2n) is 5.47. The van der Waals surface area contributed by atoms with Gasteiger partial charge in [0.05, 0.1) is 5.92 Å². The van der Waals surface area contributed by atoms with Crippen LogP contribution in [0.1, 0.15) is 39.6 Å². The molecule has 0 spiro atoms. The lowest BCUT2D eigenvalue weighted by Crippen LogP contribution is -2.18. The number of aromatic nitrogens is 4. The molecule has 0 aliphatic carbocycles. The third-order valence-electron chi connectivity index (χ3n) is 3.90. The van der Waals surface area contributed by atoms with Crippen molar-refractivity contribution in [2.45, 2.75) is 38.6 Å². The molecule has 0 radical (unpaired) electrons. The molecule has 1 unspecified atom stereocenters. The lowest BCUT2D eigenvalue weighted by Gasteiger charge is -2.20. The zero-order valence-corrected chi connectivity index (χ0v) is 12.6. The van der Waals surface area contributed by atoms with E-state index < -0.39 is 0 Å². The second-order valence-corrected chi connectivity index (χ2v) is 6.84. The maximum absolute atomic E-state index is 5.48. The third kappa shape index (κ3) is 2.51. The standard InChI is InChI=1S/C15H16N4OS/c1-10-2-4-12(21-10)8-13-17-15(20-18-13)11-3-5-14-16-6-7-19(14)9-11/h2,4,6-7,11H,3,5,8-9H2,1H3. The van der Waals surface area contributed by atoms with E-state index in [2.05, 4.69) is 38.7 Å². The summed E-state index contributed by atoms with van der Waals surface area (Å²) in [6.07, 6.45) is 6.63. The number of hydrogen-bond acceptors (Lipinski definition) is 5. The minimum absolute atomic E-state index is 0.304. The van der Waals surface area contributed by atoms with Crippen molar-refractivity contribution >= 4 is 11.3 Å². The Hall–Kier alpha value is -1.95. The van der Waals surface area contributed by atoms with Crippen LogP contribution in [0.2, 0.25) is 0 Å². The van der Waals surface area contributed by atoms with Gasteiger partial charge in [0, 0.05) is 41.5 Å². The number of rotatable bonds is 3. The summed E-state index contributed by atoms with van der Waals surface area (Å²) in [4.78, 5) is 11.5. The molecule has 1 atom stereocenters. The van der Waals surface area contributed by atoms with Crippen molar-refractivity contribution < 1.29 is 4.52 Å². The summed E-state index contributed by atoms with van der Waals surface area (Å²) in [6.45, 7) is 3.00. The van der Waals surface area contributed by atoms with E-state index in [0.717, 1.165) is 43.3 Å². The molecule has 0 N–H and O–H groups in total. The lowest BCUT2D eigenvalue weighted by molar-refractivity contribution is 0.314. The van der Waals surface area contributed by atoms with Crippen LogP contribution in [0.25, 0.3) is 0 Å². The van der Waals surface area contributed by atoms with Crippen LogP contribution in [-0.2, 0) is 19.4 Å². The topological polar surface area (TPSA) is 56.7 Å². The number of aryl methyl sites for hydroxylation is 2. The van der Waals surface area contributed by atoms with Gasteiger partial charge in [-0.3, -0.25) is 0 Å². The van der Waals surface area contributed by atoms with Gasteiger partial charge in [-0.05, 0) is 25.5 Å². The van der Waals surface area contributed by atoms with E-state index in [4.69, 9.17) is 4.52 Å². The van der Waals surface area contributed by atoms with Crippen molar-refractivity contribution in [3.63, 3.8) is 0 Å². The minimum Gasteiger partial charge on any atom is -0.339 e. The Balaban J connectivity index is 1.50. The summed E-state index contributed by atoms with van der Waals surface area (Å²) in [6, 6.07) is 4.26. The molecule has 0 aromatic carbocycles. The second kappa shape index (κ2) is 5.11. The van der Waals surface area contributed by atoms with E-state index in [-0.39, 0.29) is 0 Å². The van der Waals surface area contributed by atoms with Gasteiger partial charge in [-0.1, -0.05) is 5.16 Å². The smallest absolute Gasteiger partial charge is 0.231 e. The molecule has 4 rings (SSSR count). The van der Waals surface area contributed by atoms with Crippen molar-refractivity contribution in [2.75, 3.05) is 0 Å². The Morgan fingerprint density at radius 3 is 3.24 bits per heavy atom.